The van der Waals surface area contributed by atoms with Crippen molar-refractivity contribution in [3.63, 3.8) is 0 Å². The van der Waals surface area contributed by atoms with Gasteiger partial charge in [-0.2, -0.15) is 0 Å². The minimum absolute atomic E-state index is 0.262. The smallest absolute Gasteiger partial charge is 0.163 e. The highest BCUT2D eigenvalue weighted by Gasteiger charge is 2.19. The Labute approximate surface area is 196 Å². The van der Waals surface area contributed by atoms with Gasteiger partial charge in [0.05, 0.1) is 5.52 Å². The van der Waals surface area contributed by atoms with Gasteiger partial charge in [0.1, 0.15) is 0 Å². The summed E-state index contributed by atoms with van der Waals surface area (Å²) < 4.78 is 0. The monoisotopic (exact) mass is 439 g/mol. The highest BCUT2D eigenvalue weighted by molar-refractivity contribution is 6.21. The van der Waals surface area contributed by atoms with Gasteiger partial charge in [-0.05, 0) is 73.6 Å². The van der Waals surface area contributed by atoms with E-state index in [4.69, 9.17) is 4.98 Å². The molecule has 3 aromatic rings. The van der Waals surface area contributed by atoms with Crippen molar-refractivity contribution in [2.75, 3.05) is 0 Å². The van der Waals surface area contributed by atoms with Crippen LogP contribution in [-0.4, -0.2) is 17.1 Å². The third kappa shape index (κ3) is 5.13. The Morgan fingerprint density at radius 1 is 1.09 bits per heavy atom. The number of aldehydes is 1. The lowest BCUT2D eigenvalue weighted by Gasteiger charge is -2.16. The van der Waals surface area contributed by atoms with Crippen molar-refractivity contribution in [3.05, 3.63) is 82.6 Å². The summed E-state index contributed by atoms with van der Waals surface area (Å²) in [4.78, 5) is 29.9. The van der Waals surface area contributed by atoms with Crippen LogP contribution in [0.5, 0.6) is 0 Å². The number of Topliss-reactive ketones (excluding diaryl/α,β-unsaturated/α-hetero) is 1. The summed E-state index contributed by atoms with van der Waals surface area (Å²) in [6, 6.07) is 16.2. The molecule has 0 amide bonds. The fourth-order valence-corrected chi connectivity index (χ4v) is 5.02. The summed E-state index contributed by atoms with van der Waals surface area (Å²) >= 11 is 0. The first-order valence-corrected chi connectivity index (χ1v) is 12.3. The van der Waals surface area contributed by atoms with Gasteiger partial charge in [-0.15, -0.1) is 0 Å². The van der Waals surface area contributed by atoms with E-state index in [1.807, 2.05) is 30.3 Å². The molecule has 0 bridgehead atoms. The van der Waals surface area contributed by atoms with Gasteiger partial charge in [0.15, 0.2) is 12.1 Å². The Morgan fingerprint density at radius 2 is 1.88 bits per heavy atom. The zero-order chi connectivity index (χ0) is 23.2. The normalized spacial score (nSPS) is 14.3. The predicted molar refractivity (Wildman–Crippen MR) is 136 cm³/mol. The van der Waals surface area contributed by atoms with E-state index < -0.39 is 0 Å². The summed E-state index contributed by atoms with van der Waals surface area (Å²) in [5, 5.41) is 0.934. The zero-order valence-electron chi connectivity index (χ0n) is 19.8. The molecule has 1 atom stereocenters. The first-order chi connectivity index (χ1) is 16.1. The number of hydrogen-bond donors (Lipinski definition) is 0. The third-order valence-corrected chi connectivity index (χ3v) is 6.94. The first-order valence-electron chi connectivity index (χ1n) is 12.3. The molecule has 0 N–H and O–H groups in total. The maximum absolute atomic E-state index is 13.1. The Hall–Kier alpha value is -3.07. The van der Waals surface area contributed by atoms with Crippen molar-refractivity contribution in [1.82, 2.24) is 4.98 Å². The van der Waals surface area contributed by atoms with Crippen molar-refractivity contribution in [1.29, 1.82) is 0 Å². The lowest BCUT2D eigenvalue weighted by molar-refractivity contribution is -0.114. The molecule has 4 rings (SSSR count). The van der Waals surface area contributed by atoms with Gasteiger partial charge in [0.2, 0.25) is 0 Å². The number of benzene rings is 2. The van der Waals surface area contributed by atoms with Crippen molar-refractivity contribution in [2.45, 2.75) is 65.2 Å². The van der Waals surface area contributed by atoms with Crippen LogP contribution >= 0.6 is 0 Å². The fourth-order valence-electron chi connectivity index (χ4n) is 5.02. The molecule has 1 heterocycles. The van der Waals surface area contributed by atoms with Crippen LogP contribution in [0, 0.1) is 5.92 Å². The van der Waals surface area contributed by atoms with Crippen LogP contribution in [0.15, 0.2) is 54.6 Å². The van der Waals surface area contributed by atoms with Crippen LogP contribution in [0.3, 0.4) is 0 Å². The molecule has 0 fully saturated rings. The number of rotatable bonds is 9. The summed E-state index contributed by atoms with van der Waals surface area (Å²) in [5.74, 6) is 0.672. The molecule has 2 aromatic carbocycles. The van der Waals surface area contributed by atoms with E-state index in [2.05, 4.69) is 38.1 Å². The standard InChI is InChI=1S/C30H33NO2/c1-3-23-27(20-32)25-13-8-9-15-28(25)31-29(23)18-16-21(2)17-19-30(33)26-14-7-5-11-22-10-4-6-12-24(22)26/h4,6,8-10,12-15,20-21H,3,5,7,11,16-19H2,1-2H3. The molecule has 0 saturated heterocycles. The Bertz CT molecular complexity index is 1190. The van der Waals surface area contributed by atoms with E-state index in [-0.39, 0.29) is 5.78 Å². The average molecular weight is 440 g/mol. The Kier molecular flexibility index (Phi) is 7.49. The Morgan fingerprint density at radius 3 is 2.70 bits per heavy atom. The van der Waals surface area contributed by atoms with Crippen LogP contribution in [0.1, 0.15) is 78.7 Å². The van der Waals surface area contributed by atoms with Crippen LogP contribution in [0.2, 0.25) is 0 Å². The van der Waals surface area contributed by atoms with E-state index in [1.165, 1.54) is 5.56 Å². The maximum Gasteiger partial charge on any atom is 0.163 e. The molecular formula is C30H33NO2. The number of hydrogen-bond acceptors (Lipinski definition) is 3. The lowest BCUT2D eigenvalue weighted by atomic mass is 9.90. The van der Waals surface area contributed by atoms with E-state index in [9.17, 15) is 9.59 Å². The highest BCUT2D eigenvalue weighted by atomic mass is 16.1. The van der Waals surface area contributed by atoms with Gasteiger partial charge in [0.25, 0.3) is 0 Å². The first kappa shape index (κ1) is 23.1. The van der Waals surface area contributed by atoms with E-state index in [0.717, 1.165) is 90.1 Å². The molecule has 3 heteroatoms. The second-order valence-electron chi connectivity index (χ2n) is 9.21. The number of ketones is 1. The Balaban J connectivity index is 1.42. The molecule has 1 aliphatic carbocycles. The number of para-hydroxylation sites is 1. The van der Waals surface area contributed by atoms with Crippen LogP contribution < -0.4 is 0 Å². The zero-order valence-corrected chi connectivity index (χ0v) is 19.8. The summed E-state index contributed by atoms with van der Waals surface area (Å²) in [5.41, 5.74) is 7.08. The van der Waals surface area contributed by atoms with E-state index in [1.54, 1.807) is 0 Å². The molecule has 33 heavy (non-hydrogen) atoms. The number of aryl methyl sites for hydroxylation is 2. The molecule has 170 valence electrons. The van der Waals surface area contributed by atoms with Crippen molar-refractivity contribution in [3.8, 4) is 0 Å². The number of nitrogens with zero attached hydrogens (tertiary/aromatic N) is 1. The largest absolute Gasteiger partial charge is 0.298 e. The average Bonchev–Trinajstić information content (AvgIpc) is 3.07. The van der Waals surface area contributed by atoms with Gasteiger partial charge in [-0.25, -0.2) is 0 Å². The van der Waals surface area contributed by atoms with Crippen molar-refractivity contribution in [2.24, 2.45) is 5.92 Å². The lowest BCUT2D eigenvalue weighted by Crippen LogP contribution is -2.09. The van der Waals surface area contributed by atoms with Crippen LogP contribution in [0.25, 0.3) is 16.5 Å². The molecular weight excluding hydrogens is 406 g/mol. The molecule has 0 saturated carbocycles. The number of pyridine rings is 1. The molecule has 0 spiro atoms. The van der Waals surface area contributed by atoms with Crippen molar-refractivity contribution >= 4 is 28.5 Å². The highest BCUT2D eigenvalue weighted by Crippen LogP contribution is 2.29. The van der Waals surface area contributed by atoms with Crippen LogP contribution in [0.4, 0.5) is 0 Å². The fraction of sp³-hybridized carbons (Fsp3) is 0.367. The quantitative estimate of drug-likeness (QED) is 0.339. The van der Waals surface area contributed by atoms with E-state index in [0.29, 0.717) is 12.3 Å². The summed E-state index contributed by atoms with van der Waals surface area (Å²) in [6.45, 7) is 4.30. The second kappa shape index (κ2) is 10.7. The third-order valence-electron chi connectivity index (χ3n) is 6.94. The molecule has 0 aliphatic heterocycles. The molecule has 1 aliphatic rings. The topological polar surface area (TPSA) is 47.0 Å². The number of aromatic nitrogens is 1. The minimum Gasteiger partial charge on any atom is -0.298 e. The van der Waals surface area contributed by atoms with Gasteiger partial charge in [-0.1, -0.05) is 62.4 Å². The molecule has 1 unspecified atom stereocenters. The van der Waals surface area contributed by atoms with Crippen molar-refractivity contribution < 1.29 is 9.59 Å². The number of carbonyl (C=O) groups is 2. The van der Waals surface area contributed by atoms with Gasteiger partial charge in [0, 0.05) is 28.6 Å². The SMILES string of the molecule is CCc1c(CCC(C)CCC(=O)C2=CCCCc3ccccc32)nc2ccccc2c1C=O. The van der Waals surface area contributed by atoms with Crippen LogP contribution in [-0.2, 0) is 24.1 Å². The van der Waals surface area contributed by atoms with E-state index >= 15 is 0 Å². The number of allylic oxidation sites excluding steroid dienone is 2. The predicted octanol–water partition coefficient (Wildman–Crippen LogP) is 6.95. The number of carbonyl (C=O) groups excluding carboxylic acids is 2. The molecule has 3 nitrogen and oxygen atoms in total. The van der Waals surface area contributed by atoms with Gasteiger partial charge in [-0.3, -0.25) is 14.6 Å². The van der Waals surface area contributed by atoms with Gasteiger partial charge < -0.3 is 0 Å². The maximum atomic E-state index is 13.1. The summed E-state index contributed by atoms with van der Waals surface area (Å²) in [7, 11) is 0. The summed E-state index contributed by atoms with van der Waals surface area (Å²) in [6.07, 6.45) is 10.3. The second-order valence-corrected chi connectivity index (χ2v) is 9.21. The minimum atomic E-state index is 0.262. The molecule has 1 aromatic heterocycles. The van der Waals surface area contributed by atoms with Gasteiger partial charge >= 0.3 is 0 Å². The number of fused-ring (bicyclic) bond motifs is 2. The molecule has 0 radical (unpaired) electrons.